The molecular formula is C20H17F5N4S. The van der Waals surface area contributed by atoms with Gasteiger partial charge in [-0.3, -0.25) is 4.68 Å². The van der Waals surface area contributed by atoms with Gasteiger partial charge in [-0.2, -0.15) is 5.10 Å². The van der Waals surface area contributed by atoms with Gasteiger partial charge in [0, 0.05) is 18.0 Å². The van der Waals surface area contributed by atoms with Gasteiger partial charge in [0.2, 0.25) is 5.82 Å². The van der Waals surface area contributed by atoms with Gasteiger partial charge in [-0.1, -0.05) is 26.0 Å². The van der Waals surface area contributed by atoms with Gasteiger partial charge >= 0.3 is 0 Å². The van der Waals surface area contributed by atoms with Crippen molar-refractivity contribution < 1.29 is 22.0 Å². The molecule has 1 heterocycles. The van der Waals surface area contributed by atoms with Crippen LogP contribution < -0.4 is 10.6 Å². The molecule has 0 aliphatic rings. The Kier molecular flexibility index (Phi) is 6.35. The van der Waals surface area contributed by atoms with Crippen LogP contribution >= 0.6 is 12.2 Å². The minimum absolute atomic E-state index is 0.216. The molecule has 0 fully saturated rings. The van der Waals surface area contributed by atoms with E-state index in [1.807, 2.05) is 24.3 Å². The third-order valence-electron chi connectivity index (χ3n) is 4.34. The normalized spacial score (nSPS) is 11.1. The molecule has 0 amide bonds. The number of anilines is 2. The van der Waals surface area contributed by atoms with Crippen LogP contribution in [0.3, 0.4) is 0 Å². The first-order valence-electron chi connectivity index (χ1n) is 8.89. The molecule has 10 heteroatoms. The van der Waals surface area contributed by atoms with Gasteiger partial charge < -0.3 is 10.6 Å². The average Bonchev–Trinajstić information content (AvgIpc) is 3.15. The lowest BCUT2D eigenvalue weighted by Crippen LogP contribution is -2.19. The first-order chi connectivity index (χ1) is 14.2. The van der Waals surface area contributed by atoms with Crippen molar-refractivity contribution in [3.8, 4) is 0 Å². The summed E-state index contributed by atoms with van der Waals surface area (Å²) in [5, 5.41) is 9.96. The van der Waals surface area contributed by atoms with Crippen molar-refractivity contribution in [2.45, 2.75) is 26.3 Å². The zero-order valence-electron chi connectivity index (χ0n) is 15.9. The van der Waals surface area contributed by atoms with Crippen LogP contribution in [0.5, 0.6) is 0 Å². The fourth-order valence-corrected chi connectivity index (χ4v) is 2.92. The zero-order chi connectivity index (χ0) is 22.0. The van der Waals surface area contributed by atoms with Gasteiger partial charge in [-0.15, -0.1) is 0 Å². The maximum absolute atomic E-state index is 13.8. The summed E-state index contributed by atoms with van der Waals surface area (Å²) < 4.78 is 68.5. The van der Waals surface area contributed by atoms with Crippen molar-refractivity contribution in [3.63, 3.8) is 0 Å². The van der Waals surface area contributed by atoms with E-state index in [0.29, 0.717) is 5.92 Å². The van der Waals surface area contributed by atoms with E-state index in [4.69, 9.17) is 12.2 Å². The highest BCUT2D eigenvalue weighted by Gasteiger charge is 2.25. The number of nitrogens with one attached hydrogen (secondary N) is 2. The standard InChI is InChI=1S/C20H17F5N4S/c1-10(2)11-3-5-12(6-4-11)26-20(30)27-14-7-8-29(28-14)9-13-15(21)17(23)19(25)18(24)16(13)22/h3-8,10H,9H2,1-2H3,(H2,26,27,28,30). The van der Waals surface area contributed by atoms with E-state index in [-0.39, 0.29) is 10.9 Å². The van der Waals surface area contributed by atoms with E-state index >= 15 is 0 Å². The highest BCUT2D eigenvalue weighted by molar-refractivity contribution is 7.80. The third kappa shape index (κ3) is 4.59. The molecule has 0 bridgehead atoms. The second-order valence-electron chi connectivity index (χ2n) is 6.80. The number of benzene rings is 2. The number of aromatic nitrogens is 2. The Labute approximate surface area is 174 Å². The highest BCUT2D eigenvalue weighted by Crippen LogP contribution is 2.24. The Morgan fingerprint density at radius 1 is 0.900 bits per heavy atom. The second-order valence-corrected chi connectivity index (χ2v) is 7.21. The van der Waals surface area contributed by atoms with E-state index in [0.717, 1.165) is 10.4 Å². The zero-order valence-corrected chi connectivity index (χ0v) is 16.8. The predicted octanol–water partition coefficient (Wildman–Crippen LogP) is 5.56. The van der Waals surface area contributed by atoms with Crippen LogP contribution in [0.15, 0.2) is 36.5 Å². The van der Waals surface area contributed by atoms with Crippen LogP contribution in [0.4, 0.5) is 33.5 Å². The summed E-state index contributed by atoms with van der Waals surface area (Å²) in [6.45, 7) is 3.51. The number of rotatable bonds is 5. The van der Waals surface area contributed by atoms with E-state index in [1.165, 1.54) is 17.8 Å². The molecule has 158 valence electrons. The molecule has 4 nitrogen and oxygen atoms in total. The fourth-order valence-electron chi connectivity index (χ4n) is 2.70. The third-order valence-corrected chi connectivity index (χ3v) is 4.54. The van der Waals surface area contributed by atoms with Crippen molar-refractivity contribution in [1.29, 1.82) is 0 Å². The van der Waals surface area contributed by atoms with Crippen molar-refractivity contribution >= 4 is 28.8 Å². The molecule has 0 atom stereocenters. The molecular weight excluding hydrogens is 423 g/mol. The number of hydrogen-bond acceptors (Lipinski definition) is 2. The van der Waals surface area contributed by atoms with Gasteiger partial charge in [0.25, 0.3) is 0 Å². The first-order valence-corrected chi connectivity index (χ1v) is 9.30. The Morgan fingerprint density at radius 2 is 1.47 bits per heavy atom. The molecule has 3 aromatic rings. The molecule has 0 spiro atoms. The maximum Gasteiger partial charge on any atom is 0.200 e. The molecule has 3 rings (SSSR count). The molecule has 2 N–H and O–H groups in total. The first kappa shape index (κ1) is 21.7. The van der Waals surface area contributed by atoms with Crippen LogP contribution in [0.25, 0.3) is 0 Å². The lowest BCUT2D eigenvalue weighted by atomic mass is 10.0. The van der Waals surface area contributed by atoms with Crippen LogP contribution in [0.1, 0.15) is 30.9 Å². The molecule has 1 aromatic heterocycles. The topological polar surface area (TPSA) is 41.9 Å². The molecule has 0 saturated heterocycles. The van der Waals surface area contributed by atoms with Crippen LogP contribution in [-0.2, 0) is 6.54 Å². The summed E-state index contributed by atoms with van der Waals surface area (Å²) in [5.41, 5.74) is 0.941. The SMILES string of the molecule is CC(C)c1ccc(NC(=S)Nc2ccn(Cc3c(F)c(F)c(F)c(F)c3F)n2)cc1. The molecule has 2 aromatic carbocycles. The molecule has 0 unspecified atom stereocenters. The van der Waals surface area contributed by atoms with E-state index in [9.17, 15) is 22.0 Å². The number of nitrogens with zero attached hydrogens (tertiary/aromatic N) is 2. The van der Waals surface area contributed by atoms with Crippen LogP contribution in [0, 0.1) is 29.1 Å². The van der Waals surface area contributed by atoms with Gasteiger partial charge in [0.15, 0.2) is 34.2 Å². The van der Waals surface area contributed by atoms with E-state index < -0.39 is 41.2 Å². The van der Waals surface area contributed by atoms with Gasteiger partial charge in [-0.05, 0) is 35.8 Å². The van der Waals surface area contributed by atoms with Crippen LogP contribution in [0.2, 0.25) is 0 Å². The summed E-state index contributed by atoms with van der Waals surface area (Å²) >= 11 is 5.20. The second kappa shape index (κ2) is 8.78. The average molecular weight is 440 g/mol. The maximum atomic E-state index is 13.8. The van der Waals surface area contributed by atoms with Gasteiger partial charge in [0.05, 0.1) is 12.1 Å². The van der Waals surface area contributed by atoms with Gasteiger partial charge in [-0.25, -0.2) is 22.0 Å². The lowest BCUT2D eigenvalue weighted by Gasteiger charge is -2.11. The fraction of sp³-hybridized carbons (Fsp3) is 0.200. The largest absolute Gasteiger partial charge is 0.332 e. The molecule has 0 saturated carbocycles. The molecule has 30 heavy (non-hydrogen) atoms. The lowest BCUT2D eigenvalue weighted by molar-refractivity contribution is 0.367. The predicted molar refractivity (Wildman–Crippen MR) is 108 cm³/mol. The summed E-state index contributed by atoms with van der Waals surface area (Å²) in [7, 11) is 0. The Morgan fingerprint density at radius 3 is 2.03 bits per heavy atom. The molecule has 0 aliphatic heterocycles. The van der Waals surface area contributed by atoms with Crippen LogP contribution in [-0.4, -0.2) is 14.9 Å². The minimum atomic E-state index is -2.20. The van der Waals surface area contributed by atoms with Crippen molar-refractivity contribution in [2.75, 3.05) is 10.6 Å². The van der Waals surface area contributed by atoms with Gasteiger partial charge in [0.1, 0.15) is 0 Å². The summed E-state index contributed by atoms with van der Waals surface area (Å²) in [4.78, 5) is 0. The quantitative estimate of drug-likeness (QED) is 0.236. The Hall–Kier alpha value is -3.01. The molecule has 0 aliphatic carbocycles. The summed E-state index contributed by atoms with van der Waals surface area (Å²) in [5.74, 6) is -9.35. The molecule has 0 radical (unpaired) electrons. The highest BCUT2D eigenvalue weighted by atomic mass is 32.1. The number of thiocarbonyl (C=S) groups is 1. The Balaban J connectivity index is 1.68. The minimum Gasteiger partial charge on any atom is -0.332 e. The summed E-state index contributed by atoms with van der Waals surface area (Å²) in [6, 6.07) is 9.11. The summed E-state index contributed by atoms with van der Waals surface area (Å²) in [6.07, 6.45) is 1.32. The monoisotopic (exact) mass is 440 g/mol. The van der Waals surface area contributed by atoms with E-state index in [1.54, 1.807) is 0 Å². The number of hydrogen-bond donors (Lipinski definition) is 2. The van der Waals surface area contributed by atoms with Crippen molar-refractivity contribution in [2.24, 2.45) is 0 Å². The van der Waals surface area contributed by atoms with E-state index in [2.05, 4.69) is 29.6 Å². The van der Waals surface area contributed by atoms with Crippen molar-refractivity contribution in [3.05, 3.63) is 76.7 Å². The van der Waals surface area contributed by atoms with Crippen molar-refractivity contribution in [1.82, 2.24) is 9.78 Å². The smallest absolute Gasteiger partial charge is 0.200 e. The number of halogens is 5. The Bertz CT molecular complexity index is 1050.